The van der Waals surface area contributed by atoms with Gasteiger partial charge in [0.05, 0.1) is 43.1 Å². The number of fused-ring (bicyclic) bond motifs is 1. The van der Waals surface area contributed by atoms with E-state index in [1.807, 2.05) is 0 Å². The Kier molecular flexibility index (Phi) is 7.62. The van der Waals surface area contributed by atoms with Crippen molar-refractivity contribution in [2.75, 3.05) is 26.2 Å². The maximum Gasteiger partial charge on any atom is 0.407 e. The fourth-order valence-electron chi connectivity index (χ4n) is 6.44. The van der Waals surface area contributed by atoms with Crippen LogP contribution in [0.5, 0.6) is 0 Å². The van der Waals surface area contributed by atoms with Gasteiger partial charge in [-0.1, -0.05) is 5.16 Å². The summed E-state index contributed by atoms with van der Waals surface area (Å²) < 4.78 is 89.5. The van der Waals surface area contributed by atoms with Gasteiger partial charge in [0.25, 0.3) is 5.91 Å². The van der Waals surface area contributed by atoms with Gasteiger partial charge in [-0.3, -0.25) is 9.59 Å². The van der Waals surface area contributed by atoms with Crippen LogP contribution in [0.4, 0.5) is 31.1 Å². The van der Waals surface area contributed by atoms with Crippen LogP contribution in [-0.4, -0.2) is 102 Å². The van der Waals surface area contributed by atoms with E-state index in [-0.39, 0.29) is 42.1 Å². The number of aryl methyl sites for hydroxylation is 1. The van der Waals surface area contributed by atoms with Crippen molar-refractivity contribution in [3.05, 3.63) is 41.1 Å². The van der Waals surface area contributed by atoms with Crippen LogP contribution in [0.15, 0.2) is 23.1 Å². The molecular weight excluding hydrogens is 630 g/mol. The second kappa shape index (κ2) is 11.1. The molecule has 2 saturated heterocycles. The largest absolute Gasteiger partial charge is 0.465 e. The van der Waals surface area contributed by atoms with E-state index in [2.05, 4.69) is 30.3 Å². The van der Waals surface area contributed by atoms with Gasteiger partial charge in [0.15, 0.2) is 11.3 Å². The molecule has 3 aromatic heterocycles. The summed E-state index contributed by atoms with van der Waals surface area (Å²) in [4.78, 5) is 43.9. The number of hydrogen-bond acceptors (Lipinski definition) is 8. The lowest BCUT2D eigenvalue weighted by Crippen LogP contribution is -2.39. The smallest absolute Gasteiger partial charge is 0.407 e. The number of rotatable bonds is 6. The Morgan fingerprint density at radius 2 is 1.70 bits per heavy atom. The Bertz CT molecular complexity index is 1650. The van der Waals surface area contributed by atoms with Crippen molar-refractivity contribution in [1.82, 2.24) is 40.0 Å². The van der Waals surface area contributed by atoms with Gasteiger partial charge in [0, 0.05) is 31.8 Å². The van der Waals surface area contributed by atoms with Crippen LogP contribution in [0.25, 0.3) is 5.65 Å². The molecule has 3 aromatic rings. The number of imidazole rings is 1. The van der Waals surface area contributed by atoms with Crippen LogP contribution < -0.4 is 5.32 Å². The first-order chi connectivity index (χ1) is 21.5. The lowest BCUT2D eigenvalue weighted by molar-refractivity contribution is -0.172. The summed E-state index contributed by atoms with van der Waals surface area (Å²) in [6.07, 6.45) is 0.787. The Morgan fingerprint density at radius 3 is 2.30 bits per heavy atom. The molecule has 0 aromatic carbocycles. The molecular formula is C27H28F6N8O5. The normalized spacial score (nSPS) is 24.8. The van der Waals surface area contributed by atoms with Gasteiger partial charge >= 0.3 is 17.9 Å². The fraction of sp³-hybridized carbons (Fsp3) is 0.593. The highest BCUT2D eigenvalue weighted by Gasteiger charge is 2.64. The molecule has 248 valence electrons. The summed E-state index contributed by atoms with van der Waals surface area (Å²) in [6.45, 7) is -2.14. The molecule has 19 heteroatoms. The summed E-state index contributed by atoms with van der Waals surface area (Å²) in [7, 11) is 0. The van der Waals surface area contributed by atoms with Crippen LogP contribution in [0.1, 0.15) is 65.1 Å². The van der Waals surface area contributed by atoms with E-state index in [1.54, 1.807) is 0 Å². The lowest BCUT2D eigenvalue weighted by Gasteiger charge is -2.33. The van der Waals surface area contributed by atoms with E-state index in [9.17, 15) is 45.8 Å². The summed E-state index contributed by atoms with van der Waals surface area (Å²) in [5, 5.41) is 23.9. The predicted molar refractivity (Wildman–Crippen MR) is 141 cm³/mol. The Morgan fingerprint density at radius 1 is 1.02 bits per heavy atom. The monoisotopic (exact) mass is 658 g/mol. The Hall–Kier alpha value is -4.45. The number of nitrogens with zero attached hydrogens (tertiary/aromatic N) is 7. The van der Waals surface area contributed by atoms with Crippen molar-refractivity contribution in [3.63, 3.8) is 0 Å². The summed E-state index contributed by atoms with van der Waals surface area (Å²) >= 11 is 0. The van der Waals surface area contributed by atoms with Crippen LogP contribution in [0, 0.1) is 18.8 Å². The predicted octanol–water partition coefficient (Wildman–Crippen LogP) is 3.52. The molecule has 0 bridgehead atoms. The van der Waals surface area contributed by atoms with Crippen molar-refractivity contribution in [1.29, 1.82) is 0 Å². The first kappa shape index (κ1) is 31.5. The van der Waals surface area contributed by atoms with E-state index in [1.165, 1.54) is 29.9 Å². The number of amides is 3. The first-order valence-electron chi connectivity index (χ1n) is 14.4. The fourth-order valence-corrected chi connectivity index (χ4v) is 6.44. The van der Waals surface area contributed by atoms with E-state index in [4.69, 9.17) is 0 Å². The van der Waals surface area contributed by atoms with Gasteiger partial charge in [0.1, 0.15) is 5.69 Å². The number of halogens is 6. The lowest BCUT2D eigenvalue weighted by atomic mass is 9.81. The third-order valence-electron chi connectivity index (χ3n) is 9.03. The molecule has 13 nitrogen and oxygen atoms in total. The quantitative estimate of drug-likeness (QED) is 0.378. The van der Waals surface area contributed by atoms with Gasteiger partial charge < -0.3 is 20.2 Å². The standard InChI is InChI=1S/C27H28F6N8O5/c1-13-20(38-46-37-13)22(42)36-21(14-2-4-25(28,29)5-3-14)18-10-41-19(35-18)6-15(7-34-41)16-8-39(24(44)45)9-17(16)23(43)40-11-26(30,31)27(32,33)12-40/h6-7,10,14,16-17,21H,2-5,8-9,11-12H2,1H3,(H,36,42)(H,44,45)/t16?,17?,21-/m0/s1. The van der Waals surface area contributed by atoms with Gasteiger partial charge in [-0.25, -0.2) is 27.7 Å². The second-order valence-electron chi connectivity index (χ2n) is 12.1. The Balaban J connectivity index is 1.30. The average molecular weight is 659 g/mol. The number of carbonyl (C=O) groups is 3. The van der Waals surface area contributed by atoms with Gasteiger partial charge in [-0.2, -0.15) is 22.7 Å². The molecule has 0 spiro atoms. The maximum absolute atomic E-state index is 14.0. The molecule has 46 heavy (non-hydrogen) atoms. The van der Waals surface area contributed by atoms with Crippen LogP contribution in [0.2, 0.25) is 0 Å². The molecule has 6 rings (SSSR count). The van der Waals surface area contributed by atoms with E-state index >= 15 is 0 Å². The highest BCUT2D eigenvalue weighted by atomic mass is 19.3. The molecule has 2 unspecified atom stereocenters. The summed E-state index contributed by atoms with van der Waals surface area (Å²) in [5.74, 6) is -16.0. The van der Waals surface area contributed by atoms with E-state index in [0.717, 1.165) is 4.90 Å². The van der Waals surface area contributed by atoms with Crippen LogP contribution in [0.3, 0.4) is 0 Å². The second-order valence-corrected chi connectivity index (χ2v) is 12.1. The molecule has 3 aliphatic rings. The summed E-state index contributed by atoms with van der Waals surface area (Å²) in [5.41, 5.74) is 0.877. The molecule has 3 amide bonds. The molecule has 3 fully saturated rings. The molecule has 3 atom stereocenters. The minimum Gasteiger partial charge on any atom is -0.465 e. The number of carbonyl (C=O) groups excluding carboxylic acids is 2. The van der Waals surface area contributed by atoms with Crippen molar-refractivity contribution < 1.29 is 50.5 Å². The highest BCUT2D eigenvalue weighted by molar-refractivity contribution is 5.93. The molecule has 0 radical (unpaired) electrons. The van der Waals surface area contributed by atoms with Crippen LogP contribution >= 0.6 is 0 Å². The van der Waals surface area contributed by atoms with Crippen molar-refractivity contribution in [2.24, 2.45) is 11.8 Å². The van der Waals surface area contributed by atoms with Crippen LogP contribution in [-0.2, 0) is 4.79 Å². The van der Waals surface area contributed by atoms with E-state index in [0.29, 0.717) is 10.5 Å². The number of nitrogens with one attached hydrogen (secondary N) is 1. The maximum atomic E-state index is 14.0. The number of hydrogen-bond donors (Lipinski definition) is 2. The van der Waals surface area contributed by atoms with E-state index < -0.39 is 91.9 Å². The minimum atomic E-state index is -4.43. The third-order valence-corrected chi connectivity index (χ3v) is 9.03. The zero-order chi connectivity index (χ0) is 33.2. The molecule has 1 saturated carbocycles. The number of carboxylic acid groups (broad SMARTS) is 1. The minimum absolute atomic E-state index is 0.0754. The SMILES string of the molecule is Cc1nonc1C(=O)N[C@H](c1cn2ncc(C3CN(C(=O)O)CC3C(=O)N3CC(F)(F)C(F)(F)C3)cc2n1)C1CCC(F)(F)CC1. The van der Waals surface area contributed by atoms with Crippen molar-refractivity contribution in [3.8, 4) is 0 Å². The molecule has 5 heterocycles. The zero-order valence-corrected chi connectivity index (χ0v) is 24.2. The highest BCUT2D eigenvalue weighted by Crippen LogP contribution is 2.44. The average Bonchev–Trinajstić information content (AvgIpc) is 3.75. The topological polar surface area (TPSA) is 159 Å². The van der Waals surface area contributed by atoms with Crippen molar-refractivity contribution >= 4 is 23.6 Å². The number of aromatic nitrogens is 5. The van der Waals surface area contributed by atoms with Gasteiger partial charge in [-0.05, 0) is 42.5 Å². The Labute approximate surface area is 255 Å². The third kappa shape index (κ3) is 5.70. The first-order valence-corrected chi connectivity index (χ1v) is 14.4. The molecule has 1 aliphatic carbocycles. The molecule has 2 aliphatic heterocycles. The number of alkyl halides is 6. The van der Waals surface area contributed by atoms with Crippen molar-refractivity contribution in [2.45, 2.75) is 62.3 Å². The number of likely N-dealkylation sites (tertiary alicyclic amines) is 2. The molecule has 2 N–H and O–H groups in total. The van der Waals surface area contributed by atoms with Gasteiger partial charge in [-0.15, -0.1) is 0 Å². The summed E-state index contributed by atoms with van der Waals surface area (Å²) in [6, 6.07) is 0.631. The zero-order valence-electron chi connectivity index (χ0n) is 24.2. The van der Waals surface area contributed by atoms with Gasteiger partial charge in [0.2, 0.25) is 11.8 Å².